The van der Waals surface area contributed by atoms with E-state index in [2.05, 4.69) is 10.5 Å². The zero-order valence-electron chi connectivity index (χ0n) is 17.2. The third-order valence-corrected chi connectivity index (χ3v) is 5.24. The van der Waals surface area contributed by atoms with Crippen LogP contribution in [0.4, 0.5) is 35.9 Å². The van der Waals surface area contributed by atoms with Gasteiger partial charge in [0.2, 0.25) is 5.69 Å². The highest BCUT2D eigenvalue weighted by Gasteiger charge is 2.39. The third kappa shape index (κ3) is 3.98. The van der Waals surface area contributed by atoms with Crippen LogP contribution in [-0.4, -0.2) is 23.1 Å². The second-order valence-electron chi connectivity index (χ2n) is 7.54. The summed E-state index contributed by atoms with van der Waals surface area (Å²) in [7, 11) is 1.85. The molecule has 0 aromatic heterocycles. The molecule has 168 valence electrons. The minimum atomic E-state index is -4.99. The third-order valence-electron chi connectivity index (χ3n) is 5.24. The topological polar surface area (TPSA) is 114 Å². The van der Waals surface area contributed by atoms with Crippen molar-refractivity contribution in [2.75, 3.05) is 17.4 Å². The molecule has 0 amide bonds. The van der Waals surface area contributed by atoms with Crippen molar-refractivity contribution in [1.29, 1.82) is 0 Å². The maximum absolute atomic E-state index is 13.0. The number of nitro benzene ring substituents is 2. The van der Waals surface area contributed by atoms with Crippen LogP contribution < -0.4 is 10.3 Å². The van der Waals surface area contributed by atoms with Gasteiger partial charge in [0.1, 0.15) is 0 Å². The molecular weight excluding hydrogens is 431 g/mol. The number of hydrogen-bond acceptors (Lipinski definition) is 7. The van der Waals surface area contributed by atoms with Gasteiger partial charge in [-0.3, -0.25) is 25.7 Å². The number of likely N-dealkylation sites (N-methyl/N-ethyl adjacent to an activating group) is 1. The van der Waals surface area contributed by atoms with Gasteiger partial charge in [0.05, 0.1) is 15.4 Å². The van der Waals surface area contributed by atoms with E-state index in [4.69, 9.17) is 0 Å². The van der Waals surface area contributed by atoms with Crippen LogP contribution in [0.15, 0.2) is 53.3 Å². The van der Waals surface area contributed by atoms with Crippen molar-refractivity contribution in [2.45, 2.75) is 25.4 Å². The Morgan fingerprint density at radius 3 is 2.16 bits per heavy atom. The Morgan fingerprint density at radius 1 is 1.09 bits per heavy atom. The van der Waals surface area contributed by atoms with Crippen LogP contribution in [-0.2, 0) is 11.6 Å². The second-order valence-corrected chi connectivity index (χ2v) is 7.54. The number of hydrogen-bond donors (Lipinski definition) is 1. The van der Waals surface area contributed by atoms with Crippen LogP contribution in [0, 0.1) is 20.2 Å². The summed E-state index contributed by atoms with van der Waals surface area (Å²) in [5.41, 5.74) is 0.209. The van der Waals surface area contributed by atoms with Gasteiger partial charge in [-0.1, -0.05) is 32.0 Å². The SMILES string of the molecule is CN1/C(=C\C=N\Nc2c([N+](=O)[O-])cc(C(F)(F)F)cc2[N+](=O)[O-])C(C)(C)c2ccccc21. The predicted octanol–water partition coefficient (Wildman–Crippen LogP) is 5.23. The lowest BCUT2D eigenvalue weighted by molar-refractivity contribution is -0.392. The number of hydrazone groups is 1. The van der Waals surface area contributed by atoms with Crippen molar-refractivity contribution < 1.29 is 23.0 Å². The highest BCUT2D eigenvalue weighted by atomic mass is 19.4. The van der Waals surface area contributed by atoms with Gasteiger partial charge in [-0.15, -0.1) is 0 Å². The van der Waals surface area contributed by atoms with Crippen molar-refractivity contribution in [2.24, 2.45) is 5.10 Å². The molecule has 32 heavy (non-hydrogen) atoms. The monoisotopic (exact) mass is 449 g/mol. The van der Waals surface area contributed by atoms with E-state index in [1.165, 1.54) is 6.21 Å². The number of nitrogens with zero attached hydrogens (tertiary/aromatic N) is 4. The zero-order valence-corrected chi connectivity index (χ0v) is 17.2. The molecular formula is C20H18F3N5O4. The summed E-state index contributed by atoms with van der Waals surface area (Å²) in [4.78, 5) is 22.2. The van der Waals surface area contributed by atoms with E-state index in [0.717, 1.165) is 16.9 Å². The molecule has 1 aliphatic rings. The number of allylic oxidation sites excluding steroid dienone is 2. The van der Waals surface area contributed by atoms with E-state index in [-0.39, 0.29) is 17.5 Å². The molecule has 0 atom stereocenters. The van der Waals surface area contributed by atoms with Crippen LogP contribution in [0.2, 0.25) is 0 Å². The molecule has 0 saturated heterocycles. The van der Waals surface area contributed by atoms with E-state index in [1.807, 2.05) is 50.1 Å². The van der Waals surface area contributed by atoms with Gasteiger partial charge < -0.3 is 4.90 Å². The maximum atomic E-state index is 13.0. The smallest absolute Gasteiger partial charge is 0.347 e. The summed E-state index contributed by atoms with van der Waals surface area (Å²) < 4.78 is 39.0. The standard InChI is InChI=1S/C20H18F3N5O4/c1-19(2)13-6-4-5-7-14(13)26(3)17(19)8-9-24-25-18-15(27(29)30)10-12(20(21,22)23)11-16(18)28(31)32/h4-11,25H,1-3H3/b17-8-,24-9+. The van der Waals surface area contributed by atoms with Crippen molar-refractivity contribution in [3.63, 3.8) is 0 Å². The van der Waals surface area contributed by atoms with Crippen LogP contribution in [0.3, 0.4) is 0 Å². The van der Waals surface area contributed by atoms with Crippen molar-refractivity contribution in [3.05, 3.63) is 79.5 Å². The Bertz CT molecular complexity index is 1120. The van der Waals surface area contributed by atoms with E-state index < -0.39 is 38.6 Å². The van der Waals surface area contributed by atoms with Gasteiger partial charge in [0.15, 0.2) is 0 Å². The first kappa shape index (κ1) is 22.7. The molecule has 0 aliphatic carbocycles. The van der Waals surface area contributed by atoms with Gasteiger partial charge in [-0.05, 0) is 17.7 Å². The largest absolute Gasteiger partial charge is 0.416 e. The number of fused-ring (bicyclic) bond motifs is 1. The van der Waals surface area contributed by atoms with Gasteiger partial charge >= 0.3 is 17.6 Å². The second kappa shape index (κ2) is 7.94. The normalized spacial score (nSPS) is 16.4. The molecule has 9 nitrogen and oxygen atoms in total. The summed E-state index contributed by atoms with van der Waals surface area (Å²) in [5.74, 6) is 0. The Labute approximate surface area is 180 Å². The Kier molecular flexibility index (Phi) is 5.64. The molecule has 1 N–H and O–H groups in total. The molecule has 12 heteroatoms. The number of nitrogens with one attached hydrogen (secondary N) is 1. The number of halogens is 3. The first-order valence-corrected chi connectivity index (χ1v) is 9.22. The number of anilines is 2. The van der Waals surface area contributed by atoms with Crippen molar-refractivity contribution in [3.8, 4) is 0 Å². The average Bonchev–Trinajstić information content (AvgIpc) is 2.90. The number of nitro groups is 2. The van der Waals surface area contributed by atoms with Crippen LogP contribution >= 0.6 is 0 Å². The summed E-state index contributed by atoms with van der Waals surface area (Å²) in [6, 6.07) is 8.20. The summed E-state index contributed by atoms with van der Waals surface area (Å²) in [6.07, 6.45) is -2.13. The Morgan fingerprint density at radius 2 is 1.66 bits per heavy atom. The molecule has 0 spiro atoms. The van der Waals surface area contributed by atoms with Gasteiger partial charge in [-0.2, -0.15) is 18.3 Å². The summed E-state index contributed by atoms with van der Waals surface area (Å²) >= 11 is 0. The van der Waals surface area contributed by atoms with Crippen LogP contribution in [0.5, 0.6) is 0 Å². The van der Waals surface area contributed by atoms with Crippen molar-refractivity contribution >= 4 is 29.0 Å². The van der Waals surface area contributed by atoms with Gasteiger partial charge in [0, 0.05) is 42.2 Å². The molecule has 1 heterocycles. The quantitative estimate of drug-likeness (QED) is 0.380. The van der Waals surface area contributed by atoms with E-state index in [0.29, 0.717) is 0 Å². The highest BCUT2D eigenvalue weighted by Crippen LogP contribution is 2.46. The fourth-order valence-electron chi connectivity index (χ4n) is 3.69. The lowest BCUT2D eigenvalue weighted by Crippen LogP contribution is -2.23. The zero-order chi connectivity index (χ0) is 23.8. The molecule has 2 aromatic rings. The lowest BCUT2D eigenvalue weighted by Gasteiger charge is -2.23. The number of rotatable bonds is 5. The van der Waals surface area contributed by atoms with Gasteiger partial charge in [-0.25, -0.2) is 0 Å². The van der Waals surface area contributed by atoms with Crippen molar-refractivity contribution in [1.82, 2.24) is 0 Å². The Hall–Kier alpha value is -3.96. The molecule has 0 bridgehead atoms. The lowest BCUT2D eigenvalue weighted by atomic mass is 9.84. The minimum Gasteiger partial charge on any atom is -0.347 e. The molecule has 1 aliphatic heterocycles. The first-order chi connectivity index (χ1) is 14.9. The number of alkyl halides is 3. The molecule has 0 radical (unpaired) electrons. The average molecular weight is 449 g/mol. The van der Waals surface area contributed by atoms with Gasteiger partial charge in [0.25, 0.3) is 0 Å². The molecule has 2 aromatic carbocycles. The highest BCUT2D eigenvalue weighted by molar-refractivity contribution is 5.81. The predicted molar refractivity (Wildman–Crippen MR) is 113 cm³/mol. The fourth-order valence-corrected chi connectivity index (χ4v) is 3.69. The van der Waals surface area contributed by atoms with E-state index in [1.54, 1.807) is 6.08 Å². The fraction of sp³-hybridized carbons (Fsp3) is 0.250. The molecule has 0 saturated carbocycles. The minimum absolute atomic E-state index is 0.230. The number of benzene rings is 2. The first-order valence-electron chi connectivity index (χ1n) is 9.22. The van der Waals surface area contributed by atoms with E-state index >= 15 is 0 Å². The van der Waals surface area contributed by atoms with E-state index in [9.17, 15) is 33.4 Å². The van der Waals surface area contributed by atoms with Crippen LogP contribution in [0.1, 0.15) is 25.0 Å². The summed E-state index contributed by atoms with van der Waals surface area (Å²) in [5, 5.41) is 26.3. The maximum Gasteiger partial charge on any atom is 0.416 e. The summed E-state index contributed by atoms with van der Waals surface area (Å²) in [6.45, 7) is 3.99. The number of para-hydroxylation sites is 1. The molecule has 0 fully saturated rings. The van der Waals surface area contributed by atoms with Crippen LogP contribution in [0.25, 0.3) is 0 Å². The Balaban J connectivity index is 1.97. The molecule has 3 rings (SSSR count). The molecule has 0 unspecified atom stereocenters.